The van der Waals surface area contributed by atoms with E-state index in [1.807, 2.05) is 24.3 Å². The highest BCUT2D eigenvalue weighted by atomic mass is 16.2. The molecule has 0 aromatic heterocycles. The van der Waals surface area contributed by atoms with Crippen LogP contribution in [0.1, 0.15) is 39.0 Å². The topological polar surface area (TPSA) is 58.2 Å². The first-order chi connectivity index (χ1) is 11.1. The first-order valence-corrected chi connectivity index (χ1v) is 8.77. The molecule has 0 aliphatic heterocycles. The Hall–Kier alpha value is -1.84. The van der Waals surface area contributed by atoms with E-state index < -0.39 is 0 Å². The van der Waals surface area contributed by atoms with Crippen LogP contribution in [0.25, 0.3) is 0 Å². The molecule has 0 saturated heterocycles. The average Bonchev–Trinajstić information content (AvgIpc) is 2.47. The fourth-order valence-electron chi connectivity index (χ4n) is 5.42. The van der Waals surface area contributed by atoms with E-state index >= 15 is 0 Å². The summed E-state index contributed by atoms with van der Waals surface area (Å²) in [5.74, 6) is 3.30. The Labute approximate surface area is 137 Å². The summed E-state index contributed by atoms with van der Waals surface area (Å²) in [5, 5.41) is 5.84. The van der Waals surface area contributed by atoms with E-state index in [-0.39, 0.29) is 17.7 Å². The van der Waals surface area contributed by atoms with Crippen molar-refractivity contribution >= 4 is 23.2 Å². The van der Waals surface area contributed by atoms with Gasteiger partial charge in [0.2, 0.25) is 11.8 Å². The van der Waals surface area contributed by atoms with Crippen LogP contribution in [0, 0.1) is 29.6 Å². The largest absolute Gasteiger partial charge is 0.326 e. The summed E-state index contributed by atoms with van der Waals surface area (Å²) >= 11 is 0. The van der Waals surface area contributed by atoms with Gasteiger partial charge in [-0.1, -0.05) is 0 Å². The number of benzene rings is 1. The van der Waals surface area contributed by atoms with Crippen LogP contribution in [-0.2, 0) is 9.59 Å². The molecule has 0 spiro atoms. The minimum atomic E-state index is -0.0876. The van der Waals surface area contributed by atoms with Crippen molar-refractivity contribution in [2.75, 3.05) is 10.6 Å². The standard InChI is InChI=1S/C19H24N2O2/c1-11(22)20-16-2-4-17(5-3-16)21-19(23)18-14-7-12-6-13(9-14)10-15(18)8-12/h2-5,12-15,18H,6-10H2,1H3,(H,20,22)(H,21,23). The molecular weight excluding hydrogens is 288 g/mol. The maximum absolute atomic E-state index is 12.8. The van der Waals surface area contributed by atoms with Crippen LogP contribution in [0.3, 0.4) is 0 Å². The van der Waals surface area contributed by atoms with Crippen LogP contribution in [-0.4, -0.2) is 11.8 Å². The van der Waals surface area contributed by atoms with Gasteiger partial charge in [0.1, 0.15) is 0 Å². The second-order valence-corrected chi connectivity index (χ2v) is 7.70. The third-order valence-electron chi connectivity index (χ3n) is 6.00. The molecule has 4 nitrogen and oxygen atoms in total. The van der Waals surface area contributed by atoms with Crippen LogP contribution < -0.4 is 10.6 Å². The van der Waals surface area contributed by atoms with Crippen LogP contribution in [0.2, 0.25) is 0 Å². The highest BCUT2D eigenvalue weighted by Gasteiger charge is 2.50. The third kappa shape index (κ3) is 2.87. The Morgan fingerprint density at radius 3 is 1.78 bits per heavy atom. The summed E-state index contributed by atoms with van der Waals surface area (Å²) < 4.78 is 0. The number of carbonyl (C=O) groups is 2. The highest BCUT2D eigenvalue weighted by molar-refractivity contribution is 5.94. The maximum atomic E-state index is 12.8. The van der Waals surface area contributed by atoms with E-state index in [1.54, 1.807) is 0 Å². The zero-order valence-electron chi connectivity index (χ0n) is 13.5. The molecule has 1 aromatic rings. The van der Waals surface area contributed by atoms with Gasteiger partial charge in [0.15, 0.2) is 0 Å². The predicted octanol–water partition coefficient (Wildman–Crippen LogP) is 3.66. The number of hydrogen-bond acceptors (Lipinski definition) is 2. The van der Waals surface area contributed by atoms with Gasteiger partial charge < -0.3 is 10.6 Å². The second kappa shape index (κ2) is 5.66. The van der Waals surface area contributed by atoms with Crippen molar-refractivity contribution in [3.63, 3.8) is 0 Å². The molecule has 4 aliphatic rings. The normalized spacial score (nSPS) is 34.2. The summed E-state index contributed by atoms with van der Waals surface area (Å²) in [4.78, 5) is 23.8. The van der Waals surface area contributed by atoms with Crippen LogP contribution >= 0.6 is 0 Å². The fraction of sp³-hybridized carbons (Fsp3) is 0.579. The average molecular weight is 312 g/mol. The zero-order valence-corrected chi connectivity index (χ0v) is 13.5. The quantitative estimate of drug-likeness (QED) is 0.895. The number of nitrogens with one attached hydrogen (secondary N) is 2. The summed E-state index contributed by atoms with van der Waals surface area (Å²) in [6, 6.07) is 7.38. The lowest BCUT2D eigenvalue weighted by Gasteiger charge is -2.53. The van der Waals surface area contributed by atoms with Crippen molar-refractivity contribution < 1.29 is 9.59 Å². The van der Waals surface area contributed by atoms with E-state index in [0.29, 0.717) is 11.8 Å². The number of carbonyl (C=O) groups excluding carboxylic acids is 2. The van der Waals surface area contributed by atoms with Gasteiger partial charge in [-0.3, -0.25) is 9.59 Å². The molecule has 2 N–H and O–H groups in total. The minimum Gasteiger partial charge on any atom is -0.326 e. The monoisotopic (exact) mass is 312 g/mol. The lowest BCUT2D eigenvalue weighted by molar-refractivity contribution is -0.132. The predicted molar refractivity (Wildman–Crippen MR) is 89.9 cm³/mol. The third-order valence-corrected chi connectivity index (χ3v) is 6.00. The molecule has 4 saturated carbocycles. The molecule has 122 valence electrons. The van der Waals surface area contributed by atoms with Crippen LogP contribution in [0.4, 0.5) is 11.4 Å². The van der Waals surface area contributed by atoms with E-state index in [9.17, 15) is 9.59 Å². The summed E-state index contributed by atoms with van der Waals surface area (Å²) in [6.07, 6.45) is 6.43. The van der Waals surface area contributed by atoms with Gasteiger partial charge in [0.25, 0.3) is 0 Å². The minimum absolute atomic E-state index is 0.0876. The fourth-order valence-corrected chi connectivity index (χ4v) is 5.42. The molecule has 0 unspecified atom stereocenters. The summed E-state index contributed by atoms with van der Waals surface area (Å²) in [5.41, 5.74) is 1.57. The van der Waals surface area contributed by atoms with Gasteiger partial charge in [-0.25, -0.2) is 0 Å². The summed E-state index contributed by atoms with van der Waals surface area (Å²) in [6.45, 7) is 1.49. The van der Waals surface area contributed by atoms with Gasteiger partial charge in [0, 0.05) is 24.2 Å². The molecule has 4 aliphatic carbocycles. The molecule has 4 heteroatoms. The van der Waals surface area contributed by atoms with E-state index in [2.05, 4.69) is 10.6 Å². The summed E-state index contributed by atoms with van der Waals surface area (Å²) in [7, 11) is 0. The Balaban J connectivity index is 1.43. The molecular formula is C19H24N2O2. The van der Waals surface area contributed by atoms with Crippen molar-refractivity contribution in [2.24, 2.45) is 29.6 Å². The molecule has 5 rings (SSSR count). The zero-order chi connectivity index (χ0) is 16.0. The van der Waals surface area contributed by atoms with Crippen molar-refractivity contribution in [2.45, 2.75) is 39.0 Å². The molecule has 4 bridgehead atoms. The molecule has 0 atom stereocenters. The van der Waals surface area contributed by atoms with Gasteiger partial charge in [-0.05, 0) is 80.0 Å². The lowest BCUT2D eigenvalue weighted by atomic mass is 9.51. The van der Waals surface area contributed by atoms with Gasteiger partial charge in [-0.2, -0.15) is 0 Å². The molecule has 4 fully saturated rings. The first-order valence-electron chi connectivity index (χ1n) is 8.77. The highest BCUT2D eigenvalue weighted by Crippen LogP contribution is 2.56. The molecule has 23 heavy (non-hydrogen) atoms. The smallest absolute Gasteiger partial charge is 0.228 e. The van der Waals surface area contributed by atoms with Crippen LogP contribution in [0.15, 0.2) is 24.3 Å². The molecule has 1 aromatic carbocycles. The van der Waals surface area contributed by atoms with Crippen molar-refractivity contribution in [3.05, 3.63) is 24.3 Å². The van der Waals surface area contributed by atoms with Crippen LogP contribution in [0.5, 0.6) is 0 Å². The van der Waals surface area contributed by atoms with E-state index in [4.69, 9.17) is 0 Å². The van der Waals surface area contributed by atoms with Gasteiger partial charge in [0.05, 0.1) is 0 Å². The Kier molecular flexibility index (Phi) is 3.63. The number of anilines is 2. The molecule has 0 heterocycles. The Morgan fingerprint density at radius 2 is 1.30 bits per heavy atom. The van der Waals surface area contributed by atoms with Crippen molar-refractivity contribution in [1.82, 2.24) is 0 Å². The Morgan fingerprint density at radius 1 is 0.826 bits per heavy atom. The number of hydrogen-bond donors (Lipinski definition) is 2. The lowest BCUT2D eigenvalue weighted by Crippen LogP contribution is -2.49. The maximum Gasteiger partial charge on any atom is 0.228 e. The molecule has 0 radical (unpaired) electrons. The van der Waals surface area contributed by atoms with Gasteiger partial charge in [-0.15, -0.1) is 0 Å². The first kappa shape index (κ1) is 14.7. The number of amides is 2. The Bertz CT molecular complexity index is 595. The molecule has 2 amide bonds. The van der Waals surface area contributed by atoms with Crippen molar-refractivity contribution in [1.29, 1.82) is 0 Å². The second-order valence-electron chi connectivity index (χ2n) is 7.70. The van der Waals surface area contributed by atoms with Crippen molar-refractivity contribution in [3.8, 4) is 0 Å². The van der Waals surface area contributed by atoms with E-state index in [0.717, 1.165) is 23.2 Å². The SMILES string of the molecule is CC(=O)Nc1ccc(NC(=O)C2C3CC4CC(C3)CC2C4)cc1. The van der Waals surface area contributed by atoms with Gasteiger partial charge >= 0.3 is 0 Å². The van der Waals surface area contributed by atoms with E-state index in [1.165, 1.54) is 39.0 Å². The number of rotatable bonds is 3.